The van der Waals surface area contributed by atoms with Crippen molar-refractivity contribution in [2.24, 2.45) is 0 Å². The van der Waals surface area contributed by atoms with E-state index in [0.29, 0.717) is 6.04 Å². The molecular formula is C13H18F2N2. The van der Waals surface area contributed by atoms with Gasteiger partial charge >= 0.3 is 0 Å². The van der Waals surface area contributed by atoms with E-state index in [1.54, 1.807) is 12.1 Å². The molecule has 0 radical (unpaired) electrons. The molecule has 94 valence electrons. The zero-order chi connectivity index (χ0) is 12.3. The summed E-state index contributed by atoms with van der Waals surface area (Å²) in [5.74, 6) is -2.76. The molecule has 4 heteroatoms. The fourth-order valence-corrected chi connectivity index (χ4v) is 2.06. The predicted molar refractivity (Wildman–Crippen MR) is 65.5 cm³/mol. The summed E-state index contributed by atoms with van der Waals surface area (Å²) in [6.45, 7) is 2.95. The van der Waals surface area contributed by atoms with Crippen molar-refractivity contribution in [1.82, 2.24) is 5.32 Å². The molecule has 0 amide bonds. The van der Waals surface area contributed by atoms with E-state index in [9.17, 15) is 8.78 Å². The molecule has 0 saturated carbocycles. The highest BCUT2D eigenvalue weighted by Crippen LogP contribution is 2.27. The van der Waals surface area contributed by atoms with E-state index in [1.807, 2.05) is 0 Å². The lowest BCUT2D eigenvalue weighted by Gasteiger charge is -2.24. The van der Waals surface area contributed by atoms with Crippen molar-refractivity contribution in [3.8, 4) is 0 Å². The van der Waals surface area contributed by atoms with Gasteiger partial charge in [0.05, 0.1) is 0 Å². The molecular weight excluding hydrogens is 222 g/mol. The summed E-state index contributed by atoms with van der Waals surface area (Å²) in [7, 11) is 0. The summed E-state index contributed by atoms with van der Waals surface area (Å²) in [4.78, 5) is 0. The van der Waals surface area contributed by atoms with Gasteiger partial charge in [-0.25, -0.2) is 8.78 Å². The molecule has 1 aliphatic rings. The van der Waals surface area contributed by atoms with Gasteiger partial charge in [0.25, 0.3) is 5.92 Å². The van der Waals surface area contributed by atoms with Crippen LogP contribution in [0.4, 0.5) is 14.5 Å². The van der Waals surface area contributed by atoms with Crippen molar-refractivity contribution in [3.63, 3.8) is 0 Å². The molecule has 0 atom stereocenters. The smallest absolute Gasteiger partial charge is 0.270 e. The fourth-order valence-electron chi connectivity index (χ4n) is 2.06. The maximum atomic E-state index is 13.0. The van der Waals surface area contributed by atoms with E-state index in [0.717, 1.165) is 38.5 Å². The first-order valence-electron chi connectivity index (χ1n) is 6.01. The van der Waals surface area contributed by atoms with Crippen LogP contribution in [0.5, 0.6) is 0 Å². The van der Waals surface area contributed by atoms with Crippen LogP contribution in [-0.4, -0.2) is 19.1 Å². The topological polar surface area (TPSA) is 24.1 Å². The maximum absolute atomic E-state index is 13.0. The molecule has 1 fully saturated rings. The first kappa shape index (κ1) is 12.3. The summed E-state index contributed by atoms with van der Waals surface area (Å²) in [5, 5.41) is 6.66. The van der Waals surface area contributed by atoms with Crippen LogP contribution in [0.2, 0.25) is 0 Å². The lowest BCUT2D eigenvalue weighted by molar-refractivity contribution is 0.0175. The Hall–Kier alpha value is -1.16. The number of piperidine rings is 1. The maximum Gasteiger partial charge on any atom is 0.270 e. The Morgan fingerprint density at radius 1 is 1.18 bits per heavy atom. The van der Waals surface area contributed by atoms with E-state index in [4.69, 9.17) is 0 Å². The van der Waals surface area contributed by atoms with Crippen LogP contribution >= 0.6 is 0 Å². The Bertz CT molecular complexity index is 351. The zero-order valence-electron chi connectivity index (χ0n) is 9.97. The molecule has 1 saturated heterocycles. The highest BCUT2D eigenvalue weighted by atomic mass is 19.3. The molecule has 2 N–H and O–H groups in total. The van der Waals surface area contributed by atoms with Crippen LogP contribution in [0.15, 0.2) is 24.3 Å². The van der Waals surface area contributed by atoms with Gasteiger partial charge in [-0.3, -0.25) is 0 Å². The largest absolute Gasteiger partial charge is 0.382 e. The molecule has 1 heterocycles. The first-order chi connectivity index (χ1) is 8.05. The van der Waals surface area contributed by atoms with Crippen molar-refractivity contribution in [2.45, 2.75) is 31.7 Å². The summed E-state index contributed by atoms with van der Waals surface area (Å²) in [5.41, 5.74) is 0.985. The van der Waals surface area contributed by atoms with E-state index in [-0.39, 0.29) is 5.56 Å². The van der Waals surface area contributed by atoms with Crippen molar-refractivity contribution in [1.29, 1.82) is 0 Å². The van der Waals surface area contributed by atoms with Gasteiger partial charge in [-0.05, 0) is 38.1 Å². The fraction of sp³-hybridized carbons (Fsp3) is 0.538. The van der Waals surface area contributed by atoms with Crippen LogP contribution in [0, 0.1) is 0 Å². The highest BCUT2D eigenvalue weighted by Gasteiger charge is 2.23. The van der Waals surface area contributed by atoms with Crippen LogP contribution in [0.3, 0.4) is 0 Å². The second-order valence-corrected chi connectivity index (χ2v) is 4.63. The molecule has 0 aliphatic carbocycles. The quantitative estimate of drug-likeness (QED) is 0.848. The Labute approximate surface area is 100 Å². The number of hydrogen-bond donors (Lipinski definition) is 2. The van der Waals surface area contributed by atoms with Crippen molar-refractivity contribution in [2.75, 3.05) is 18.4 Å². The highest BCUT2D eigenvalue weighted by molar-refractivity contribution is 5.46. The minimum absolute atomic E-state index is 0.0633. The van der Waals surface area contributed by atoms with Crippen LogP contribution < -0.4 is 10.6 Å². The number of benzene rings is 1. The average molecular weight is 240 g/mol. The second-order valence-electron chi connectivity index (χ2n) is 4.63. The summed E-state index contributed by atoms with van der Waals surface area (Å²) in [6.07, 6.45) is 2.15. The summed E-state index contributed by atoms with van der Waals surface area (Å²) >= 11 is 0. The number of anilines is 1. The summed E-state index contributed by atoms with van der Waals surface area (Å²) < 4.78 is 26.0. The van der Waals surface area contributed by atoms with Gasteiger partial charge in [-0.2, -0.15) is 0 Å². The molecule has 1 aliphatic heterocycles. The van der Waals surface area contributed by atoms with E-state index < -0.39 is 5.92 Å². The standard InChI is InChI=1S/C13H18F2N2/c1-13(14,15)10-2-4-11(5-3-10)17-12-6-8-16-9-7-12/h2-5,12,16-17H,6-9H2,1H3. The SMILES string of the molecule is CC(F)(F)c1ccc(NC2CCNCC2)cc1. The number of nitrogens with one attached hydrogen (secondary N) is 2. The van der Waals surface area contributed by atoms with Crippen LogP contribution in [0.25, 0.3) is 0 Å². The van der Waals surface area contributed by atoms with Crippen molar-refractivity contribution in [3.05, 3.63) is 29.8 Å². The Balaban J connectivity index is 1.98. The van der Waals surface area contributed by atoms with Gasteiger partial charge in [0, 0.05) is 24.2 Å². The molecule has 1 aromatic carbocycles. The molecule has 2 rings (SSSR count). The lowest BCUT2D eigenvalue weighted by Crippen LogP contribution is -2.35. The third kappa shape index (κ3) is 3.40. The lowest BCUT2D eigenvalue weighted by atomic mass is 10.1. The number of hydrogen-bond acceptors (Lipinski definition) is 2. The van der Waals surface area contributed by atoms with Crippen LogP contribution in [-0.2, 0) is 5.92 Å². The molecule has 0 bridgehead atoms. The summed E-state index contributed by atoms with van der Waals surface area (Å²) in [6, 6.07) is 6.89. The Kier molecular flexibility index (Phi) is 3.62. The molecule has 2 nitrogen and oxygen atoms in total. The van der Waals surface area contributed by atoms with E-state index >= 15 is 0 Å². The second kappa shape index (κ2) is 5.00. The van der Waals surface area contributed by atoms with Gasteiger partial charge in [-0.1, -0.05) is 12.1 Å². The number of alkyl halides is 2. The van der Waals surface area contributed by atoms with Crippen molar-refractivity contribution < 1.29 is 8.78 Å². The van der Waals surface area contributed by atoms with E-state index in [1.165, 1.54) is 12.1 Å². The normalized spacial score (nSPS) is 18.1. The predicted octanol–water partition coefficient (Wildman–Crippen LogP) is 2.96. The minimum atomic E-state index is -2.76. The average Bonchev–Trinajstić information content (AvgIpc) is 2.30. The van der Waals surface area contributed by atoms with E-state index in [2.05, 4.69) is 10.6 Å². The Morgan fingerprint density at radius 2 is 1.76 bits per heavy atom. The molecule has 0 unspecified atom stereocenters. The Morgan fingerprint density at radius 3 is 2.29 bits per heavy atom. The van der Waals surface area contributed by atoms with Crippen molar-refractivity contribution >= 4 is 5.69 Å². The third-order valence-electron chi connectivity index (χ3n) is 3.10. The molecule has 0 aromatic heterocycles. The molecule has 0 spiro atoms. The molecule has 17 heavy (non-hydrogen) atoms. The van der Waals surface area contributed by atoms with Crippen LogP contribution in [0.1, 0.15) is 25.3 Å². The minimum Gasteiger partial charge on any atom is -0.382 e. The third-order valence-corrected chi connectivity index (χ3v) is 3.10. The zero-order valence-corrected chi connectivity index (χ0v) is 9.97. The first-order valence-corrected chi connectivity index (χ1v) is 6.01. The monoisotopic (exact) mass is 240 g/mol. The number of rotatable bonds is 3. The van der Waals surface area contributed by atoms with Gasteiger partial charge in [0.15, 0.2) is 0 Å². The van der Waals surface area contributed by atoms with Gasteiger partial charge < -0.3 is 10.6 Å². The molecule has 1 aromatic rings. The van der Waals surface area contributed by atoms with Gasteiger partial charge in [0.2, 0.25) is 0 Å². The number of halogens is 2. The van der Waals surface area contributed by atoms with Gasteiger partial charge in [-0.15, -0.1) is 0 Å². The van der Waals surface area contributed by atoms with Gasteiger partial charge in [0.1, 0.15) is 0 Å².